The van der Waals surface area contributed by atoms with Gasteiger partial charge in [-0.25, -0.2) is 0 Å². The Bertz CT molecular complexity index is 583. The lowest BCUT2D eigenvalue weighted by Gasteiger charge is -2.10. The summed E-state index contributed by atoms with van der Waals surface area (Å²) in [6.07, 6.45) is 0.173. The number of carbonyl (C=O) groups is 1. The number of hydrogen-bond donors (Lipinski definition) is 0. The molecule has 2 aromatic rings. The zero-order valence-corrected chi connectivity index (χ0v) is 12.6. The van der Waals surface area contributed by atoms with Crippen LogP contribution >= 0.6 is 0 Å². The third-order valence-electron chi connectivity index (χ3n) is 2.96. The molecule has 0 fully saturated rings. The molecular formula is C18H20O3. The summed E-state index contributed by atoms with van der Waals surface area (Å²) in [5.74, 6) is 1.67. The number of benzene rings is 2. The summed E-state index contributed by atoms with van der Waals surface area (Å²) in [6, 6.07) is 15.0. The minimum absolute atomic E-state index is 0.0577. The largest absolute Gasteiger partial charge is 0.491 e. The van der Waals surface area contributed by atoms with E-state index in [1.807, 2.05) is 50.2 Å². The summed E-state index contributed by atoms with van der Waals surface area (Å²) in [6.45, 7) is 6.04. The Morgan fingerprint density at radius 3 is 2.05 bits per heavy atom. The highest BCUT2D eigenvalue weighted by molar-refractivity contribution is 5.94. The molecule has 0 N–H and O–H groups in total. The smallest absolute Gasteiger partial charge is 0.159 e. The Kier molecular flexibility index (Phi) is 4.99. The van der Waals surface area contributed by atoms with Gasteiger partial charge in [0, 0.05) is 5.56 Å². The summed E-state index contributed by atoms with van der Waals surface area (Å²) in [7, 11) is 0. The molecule has 0 aliphatic carbocycles. The SMILES string of the molecule is CC(=O)c1ccc(OCc2ccc(OC(C)C)cc2)cc1. The minimum Gasteiger partial charge on any atom is -0.491 e. The Morgan fingerprint density at radius 2 is 1.52 bits per heavy atom. The van der Waals surface area contributed by atoms with E-state index in [9.17, 15) is 4.79 Å². The van der Waals surface area contributed by atoms with Crippen molar-refractivity contribution < 1.29 is 14.3 Å². The Hall–Kier alpha value is -2.29. The van der Waals surface area contributed by atoms with Crippen molar-refractivity contribution in [2.75, 3.05) is 0 Å². The molecule has 0 radical (unpaired) electrons. The summed E-state index contributed by atoms with van der Waals surface area (Å²) in [5, 5.41) is 0. The average Bonchev–Trinajstić information content (AvgIpc) is 2.46. The fraction of sp³-hybridized carbons (Fsp3) is 0.278. The van der Waals surface area contributed by atoms with Crippen LogP contribution in [0.15, 0.2) is 48.5 Å². The second kappa shape index (κ2) is 6.93. The van der Waals surface area contributed by atoms with Crippen molar-refractivity contribution >= 4 is 5.78 Å². The normalized spacial score (nSPS) is 10.5. The van der Waals surface area contributed by atoms with E-state index in [2.05, 4.69) is 0 Å². The molecule has 2 rings (SSSR count). The number of hydrogen-bond acceptors (Lipinski definition) is 3. The average molecular weight is 284 g/mol. The zero-order chi connectivity index (χ0) is 15.2. The molecule has 0 aliphatic heterocycles. The van der Waals surface area contributed by atoms with E-state index >= 15 is 0 Å². The molecule has 0 bridgehead atoms. The molecule has 3 heteroatoms. The van der Waals surface area contributed by atoms with Gasteiger partial charge in [-0.2, -0.15) is 0 Å². The highest BCUT2D eigenvalue weighted by Crippen LogP contribution is 2.17. The van der Waals surface area contributed by atoms with Gasteiger partial charge in [-0.05, 0) is 62.7 Å². The standard InChI is InChI=1S/C18H20O3/c1-13(2)21-18-8-4-15(5-9-18)12-20-17-10-6-16(7-11-17)14(3)19/h4-11,13H,12H2,1-3H3. The van der Waals surface area contributed by atoms with Gasteiger partial charge in [0.25, 0.3) is 0 Å². The van der Waals surface area contributed by atoms with Gasteiger partial charge in [0.05, 0.1) is 6.10 Å². The van der Waals surface area contributed by atoms with Crippen LogP contribution in [0.3, 0.4) is 0 Å². The third kappa shape index (κ3) is 4.63. The van der Waals surface area contributed by atoms with Crippen LogP contribution in [-0.2, 0) is 6.61 Å². The van der Waals surface area contributed by atoms with Crippen molar-refractivity contribution in [2.24, 2.45) is 0 Å². The second-order valence-corrected chi connectivity index (χ2v) is 5.18. The van der Waals surface area contributed by atoms with E-state index in [1.165, 1.54) is 0 Å². The predicted molar refractivity (Wildman–Crippen MR) is 83.0 cm³/mol. The van der Waals surface area contributed by atoms with Crippen LogP contribution < -0.4 is 9.47 Å². The third-order valence-corrected chi connectivity index (χ3v) is 2.96. The number of ketones is 1. The van der Waals surface area contributed by atoms with E-state index in [0.29, 0.717) is 12.2 Å². The maximum Gasteiger partial charge on any atom is 0.159 e. The van der Waals surface area contributed by atoms with E-state index in [0.717, 1.165) is 17.1 Å². The first-order chi connectivity index (χ1) is 10.0. The zero-order valence-electron chi connectivity index (χ0n) is 12.6. The summed E-state index contributed by atoms with van der Waals surface area (Å²) >= 11 is 0. The molecule has 0 saturated carbocycles. The van der Waals surface area contributed by atoms with Gasteiger partial charge in [0.15, 0.2) is 5.78 Å². The summed E-state index contributed by atoms with van der Waals surface area (Å²) in [5.41, 5.74) is 1.76. The molecule has 0 atom stereocenters. The van der Waals surface area contributed by atoms with Gasteiger partial charge in [-0.1, -0.05) is 12.1 Å². The van der Waals surface area contributed by atoms with Crippen LogP contribution in [0.5, 0.6) is 11.5 Å². The molecule has 0 aromatic heterocycles. The number of carbonyl (C=O) groups excluding carboxylic acids is 1. The Balaban J connectivity index is 1.91. The monoisotopic (exact) mass is 284 g/mol. The molecule has 0 unspecified atom stereocenters. The Labute approximate surface area is 125 Å². The molecule has 0 spiro atoms. The predicted octanol–water partition coefficient (Wildman–Crippen LogP) is 4.26. The van der Waals surface area contributed by atoms with E-state index in [-0.39, 0.29) is 11.9 Å². The van der Waals surface area contributed by atoms with Crippen LogP contribution in [0.2, 0.25) is 0 Å². The molecule has 0 saturated heterocycles. The van der Waals surface area contributed by atoms with Gasteiger partial charge in [0.2, 0.25) is 0 Å². The van der Waals surface area contributed by atoms with Crippen molar-refractivity contribution in [1.29, 1.82) is 0 Å². The van der Waals surface area contributed by atoms with Gasteiger partial charge < -0.3 is 9.47 Å². The molecule has 0 amide bonds. The molecule has 0 heterocycles. The number of ether oxygens (including phenoxy) is 2. The topological polar surface area (TPSA) is 35.5 Å². The van der Waals surface area contributed by atoms with Crippen molar-refractivity contribution in [3.8, 4) is 11.5 Å². The molecule has 21 heavy (non-hydrogen) atoms. The molecule has 3 nitrogen and oxygen atoms in total. The maximum absolute atomic E-state index is 11.2. The van der Waals surface area contributed by atoms with Crippen LogP contribution in [0.25, 0.3) is 0 Å². The first-order valence-corrected chi connectivity index (χ1v) is 7.04. The molecule has 110 valence electrons. The summed E-state index contributed by atoms with van der Waals surface area (Å²) in [4.78, 5) is 11.2. The highest BCUT2D eigenvalue weighted by atomic mass is 16.5. The lowest BCUT2D eigenvalue weighted by atomic mass is 10.1. The lowest BCUT2D eigenvalue weighted by molar-refractivity contribution is 0.101. The van der Waals surface area contributed by atoms with E-state index < -0.39 is 0 Å². The van der Waals surface area contributed by atoms with Crippen LogP contribution in [0.4, 0.5) is 0 Å². The van der Waals surface area contributed by atoms with Gasteiger partial charge in [0.1, 0.15) is 18.1 Å². The van der Waals surface area contributed by atoms with E-state index in [1.54, 1.807) is 19.1 Å². The van der Waals surface area contributed by atoms with Crippen LogP contribution in [0, 0.1) is 0 Å². The molecular weight excluding hydrogens is 264 g/mol. The number of Topliss-reactive ketones (excluding diaryl/α,β-unsaturated/α-hetero) is 1. The fourth-order valence-corrected chi connectivity index (χ4v) is 1.89. The quantitative estimate of drug-likeness (QED) is 0.744. The second-order valence-electron chi connectivity index (χ2n) is 5.18. The van der Waals surface area contributed by atoms with Crippen molar-refractivity contribution in [3.05, 3.63) is 59.7 Å². The van der Waals surface area contributed by atoms with Crippen molar-refractivity contribution in [3.63, 3.8) is 0 Å². The van der Waals surface area contributed by atoms with Gasteiger partial charge >= 0.3 is 0 Å². The highest BCUT2D eigenvalue weighted by Gasteiger charge is 2.01. The maximum atomic E-state index is 11.2. The summed E-state index contributed by atoms with van der Waals surface area (Å²) < 4.78 is 11.3. The Morgan fingerprint density at radius 1 is 0.952 bits per heavy atom. The van der Waals surface area contributed by atoms with Crippen molar-refractivity contribution in [2.45, 2.75) is 33.5 Å². The lowest BCUT2D eigenvalue weighted by Crippen LogP contribution is -2.05. The van der Waals surface area contributed by atoms with E-state index in [4.69, 9.17) is 9.47 Å². The van der Waals surface area contributed by atoms with Crippen molar-refractivity contribution in [1.82, 2.24) is 0 Å². The molecule has 0 aliphatic rings. The fourth-order valence-electron chi connectivity index (χ4n) is 1.89. The number of rotatable bonds is 6. The minimum atomic E-state index is 0.0577. The first-order valence-electron chi connectivity index (χ1n) is 7.04. The van der Waals surface area contributed by atoms with Gasteiger partial charge in [-0.15, -0.1) is 0 Å². The van der Waals surface area contributed by atoms with Crippen LogP contribution in [0.1, 0.15) is 36.7 Å². The first kappa shape index (κ1) is 15.1. The molecule has 2 aromatic carbocycles. The van der Waals surface area contributed by atoms with Crippen LogP contribution in [-0.4, -0.2) is 11.9 Å². The van der Waals surface area contributed by atoms with Gasteiger partial charge in [-0.3, -0.25) is 4.79 Å².